The van der Waals surface area contributed by atoms with Gasteiger partial charge in [0.05, 0.1) is 12.1 Å². The van der Waals surface area contributed by atoms with Crippen LogP contribution < -0.4 is 14.8 Å². The Labute approximate surface area is 153 Å². The molecule has 4 rings (SSSR count). The van der Waals surface area contributed by atoms with Crippen LogP contribution in [0.15, 0.2) is 54.7 Å². The molecular formula is C20H24N4O2+2. The summed E-state index contributed by atoms with van der Waals surface area (Å²) in [6.07, 6.45) is 2.22. The maximum Gasteiger partial charge on any atom is 0.274 e. The van der Waals surface area contributed by atoms with Crippen LogP contribution in [0, 0.1) is 0 Å². The molecule has 2 N–H and O–H groups in total. The number of piperazine rings is 1. The lowest BCUT2D eigenvalue weighted by molar-refractivity contribution is -0.908. The Morgan fingerprint density at radius 3 is 2.42 bits per heavy atom. The lowest BCUT2D eigenvalue weighted by atomic mass is 9.98. The fraction of sp³-hybridized carbons (Fsp3) is 0.350. The number of quaternary nitrogens is 1. The third-order valence-corrected chi connectivity index (χ3v) is 5.33. The Hall–Kier alpha value is -2.73. The molecule has 3 heterocycles. The number of benzene rings is 1. The van der Waals surface area contributed by atoms with Gasteiger partial charge < -0.3 is 4.90 Å². The third-order valence-electron chi connectivity index (χ3n) is 5.33. The Morgan fingerprint density at radius 2 is 1.73 bits per heavy atom. The molecule has 2 amide bonds. The van der Waals surface area contributed by atoms with Gasteiger partial charge in [-0.25, -0.2) is 9.88 Å². The molecule has 0 radical (unpaired) electrons. The predicted molar refractivity (Wildman–Crippen MR) is 96.4 cm³/mol. The molecule has 134 valence electrons. The van der Waals surface area contributed by atoms with Gasteiger partial charge >= 0.3 is 0 Å². The molecule has 1 aromatic heterocycles. The standard InChI is InChI=1S/C20H22N4O2/c25-19-14-17(16-6-2-1-3-7-16)20(26)24(19)15-22-10-12-23(13-11-22)18-8-4-5-9-21-18/h1-9,17H,10-15H2/p+2/t17-/m1/s1. The molecule has 26 heavy (non-hydrogen) atoms. The predicted octanol–water partition coefficient (Wildman–Crippen LogP) is -0.294. The quantitative estimate of drug-likeness (QED) is 0.769. The van der Waals surface area contributed by atoms with Gasteiger partial charge in [0.2, 0.25) is 11.8 Å². The summed E-state index contributed by atoms with van der Waals surface area (Å²) in [4.78, 5) is 33.5. The first kappa shape index (κ1) is 16.7. The minimum absolute atomic E-state index is 0.0461. The first-order valence-electron chi connectivity index (χ1n) is 9.17. The van der Waals surface area contributed by atoms with Crippen LogP contribution in [0.5, 0.6) is 0 Å². The van der Waals surface area contributed by atoms with Crippen LogP contribution in [0.3, 0.4) is 0 Å². The highest BCUT2D eigenvalue weighted by molar-refractivity contribution is 6.06. The van der Waals surface area contributed by atoms with Crippen LogP contribution in [0.2, 0.25) is 0 Å². The number of nitrogens with one attached hydrogen (secondary N) is 2. The number of anilines is 1. The first-order chi connectivity index (χ1) is 12.7. The Balaban J connectivity index is 1.36. The molecule has 0 aliphatic carbocycles. The van der Waals surface area contributed by atoms with E-state index in [4.69, 9.17) is 0 Å². The molecule has 1 atom stereocenters. The van der Waals surface area contributed by atoms with Crippen molar-refractivity contribution in [3.05, 3.63) is 60.3 Å². The van der Waals surface area contributed by atoms with E-state index in [0.717, 1.165) is 37.6 Å². The van der Waals surface area contributed by atoms with Crippen molar-refractivity contribution < 1.29 is 19.5 Å². The average molecular weight is 352 g/mol. The normalized spacial score (nSPS) is 21.5. The van der Waals surface area contributed by atoms with E-state index in [-0.39, 0.29) is 17.7 Å². The summed E-state index contributed by atoms with van der Waals surface area (Å²) < 4.78 is 0. The van der Waals surface area contributed by atoms with Gasteiger partial charge in [-0.1, -0.05) is 36.4 Å². The molecule has 0 bridgehead atoms. The zero-order valence-electron chi connectivity index (χ0n) is 14.7. The topological polar surface area (TPSA) is 59.2 Å². The minimum Gasteiger partial charge on any atom is -0.311 e. The Bertz CT molecular complexity index is 773. The smallest absolute Gasteiger partial charge is 0.274 e. The molecule has 0 spiro atoms. The summed E-state index contributed by atoms with van der Waals surface area (Å²) in [6, 6.07) is 15.7. The second-order valence-corrected chi connectivity index (χ2v) is 6.97. The van der Waals surface area contributed by atoms with Crippen LogP contribution in [-0.2, 0) is 9.59 Å². The van der Waals surface area contributed by atoms with Crippen molar-refractivity contribution in [1.29, 1.82) is 0 Å². The van der Waals surface area contributed by atoms with Gasteiger partial charge in [0.15, 0.2) is 6.67 Å². The monoisotopic (exact) mass is 352 g/mol. The van der Waals surface area contributed by atoms with Crippen molar-refractivity contribution >= 4 is 17.6 Å². The zero-order valence-corrected chi connectivity index (χ0v) is 14.7. The number of pyridine rings is 1. The van der Waals surface area contributed by atoms with Crippen LogP contribution in [-0.4, -0.2) is 49.6 Å². The van der Waals surface area contributed by atoms with Crippen LogP contribution in [0.1, 0.15) is 17.9 Å². The van der Waals surface area contributed by atoms with E-state index in [1.807, 2.05) is 48.7 Å². The number of nitrogens with zero attached hydrogens (tertiary/aromatic N) is 2. The number of hydrogen-bond acceptors (Lipinski definition) is 3. The molecular weight excluding hydrogens is 328 g/mol. The van der Waals surface area contributed by atoms with Crippen molar-refractivity contribution in [3.63, 3.8) is 0 Å². The molecule has 0 unspecified atom stereocenters. The van der Waals surface area contributed by atoms with Gasteiger partial charge in [0.25, 0.3) is 5.82 Å². The maximum absolute atomic E-state index is 12.8. The molecule has 6 nitrogen and oxygen atoms in total. The summed E-state index contributed by atoms with van der Waals surface area (Å²) in [6.45, 7) is 4.13. The van der Waals surface area contributed by atoms with Crippen molar-refractivity contribution in [3.8, 4) is 0 Å². The number of likely N-dealkylation sites (tertiary alicyclic amines) is 1. The van der Waals surface area contributed by atoms with Crippen LogP contribution >= 0.6 is 0 Å². The Morgan fingerprint density at radius 1 is 1.00 bits per heavy atom. The van der Waals surface area contributed by atoms with E-state index >= 15 is 0 Å². The molecule has 2 aromatic rings. The number of rotatable bonds is 4. The summed E-state index contributed by atoms with van der Waals surface area (Å²) in [7, 11) is 0. The number of imide groups is 1. The molecule has 6 heteroatoms. The summed E-state index contributed by atoms with van der Waals surface area (Å²) in [5.41, 5.74) is 0.938. The second-order valence-electron chi connectivity index (χ2n) is 6.97. The Kier molecular flexibility index (Phi) is 4.67. The number of hydrogen-bond donors (Lipinski definition) is 1. The summed E-state index contributed by atoms with van der Waals surface area (Å²) >= 11 is 0. The van der Waals surface area contributed by atoms with Gasteiger partial charge in [-0.05, 0) is 11.6 Å². The number of carbonyl (C=O) groups is 2. The largest absolute Gasteiger partial charge is 0.311 e. The molecule has 2 aliphatic rings. The van der Waals surface area contributed by atoms with E-state index < -0.39 is 0 Å². The van der Waals surface area contributed by atoms with E-state index in [9.17, 15) is 9.59 Å². The molecule has 2 saturated heterocycles. The minimum atomic E-state index is -0.316. The van der Waals surface area contributed by atoms with Gasteiger partial charge in [-0.15, -0.1) is 0 Å². The second kappa shape index (κ2) is 7.25. The van der Waals surface area contributed by atoms with Gasteiger partial charge in [-0.2, -0.15) is 0 Å². The highest BCUT2D eigenvalue weighted by atomic mass is 16.2. The van der Waals surface area contributed by atoms with Crippen molar-refractivity contribution in [2.24, 2.45) is 0 Å². The highest BCUT2D eigenvalue weighted by Crippen LogP contribution is 2.28. The molecule has 2 fully saturated rings. The molecule has 1 aromatic carbocycles. The van der Waals surface area contributed by atoms with Crippen LogP contribution in [0.4, 0.5) is 5.82 Å². The van der Waals surface area contributed by atoms with Crippen molar-refractivity contribution in [2.75, 3.05) is 37.7 Å². The lowest BCUT2D eigenvalue weighted by Crippen LogP contribution is -3.16. The van der Waals surface area contributed by atoms with Gasteiger partial charge in [0, 0.05) is 12.5 Å². The number of amides is 2. The number of aromatic amines is 1. The van der Waals surface area contributed by atoms with E-state index in [2.05, 4.69) is 16.0 Å². The fourth-order valence-corrected chi connectivity index (χ4v) is 3.82. The third kappa shape index (κ3) is 3.32. The number of carbonyl (C=O) groups excluding carboxylic acids is 2. The first-order valence-corrected chi connectivity index (χ1v) is 9.17. The van der Waals surface area contributed by atoms with E-state index in [1.165, 1.54) is 9.80 Å². The van der Waals surface area contributed by atoms with Crippen molar-refractivity contribution in [1.82, 2.24) is 4.90 Å². The maximum atomic E-state index is 12.8. The lowest BCUT2D eigenvalue weighted by Gasteiger charge is -2.30. The summed E-state index contributed by atoms with van der Waals surface area (Å²) in [5.74, 6) is 0.704. The fourth-order valence-electron chi connectivity index (χ4n) is 3.82. The number of aromatic nitrogens is 1. The zero-order chi connectivity index (χ0) is 17.9. The van der Waals surface area contributed by atoms with Crippen LogP contribution in [0.25, 0.3) is 0 Å². The number of H-pyrrole nitrogens is 1. The van der Waals surface area contributed by atoms with E-state index in [1.54, 1.807) is 0 Å². The van der Waals surface area contributed by atoms with Crippen molar-refractivity contribution in [2.45, 2.75) is 12.3 Å². The summed E-state index contributed by atoms with van der Waals surface area (Å²) in [5, 5.41) is 0. The average Bonchev–Trinajstić information content (AvgIpc) is 2.98. The van der Waals surface area contributed by atoms with Gasteiger partial charge in [0.1, 0.15) is 26.2 Å². The SMILES string of the molecule is O=C1C[C@H](c2ccccc2)C(=O)N1C[NH+]1CCN(c2cccc[nH+]2)CC1. The molecule has 0 saturated carbocycles. The highest BCUT2D eigenvalue weighted by Gasteiger charge is 2.41. The van der Waals surface area contributed by atoms with Gasteiger partial charge in [-0.3, -0.25) is 14.5 Å². The molecule has 2 aliphatic heterocycles. The van der Waals surface area contributed by atoms with E-state index in [0.29, 0.717) is 13.1 Å².